The Morgan fingerprint density at radius 1 is 0.673 bits per heavy atom. The summed E-state index contributed by atoms with van der Waals surface area (Å²) in [7, 11) is 1.46. The lowest BCUT2D eigenvalue weighted by Gasteiger charge is -2.24. The fraction of sp³-hybridized carbons (Fsp3) is 0.857. The minimum absolute atomic E-state index is 0.0277. The summed E-state index contributed by atoms with van der Waals surface area (Å²) in [6.07, 6.45) is 38.0. The summed E-state index contributed by atoms with van der Waals surface area (Å²) in [5.41, 5.74) is 0. The number of carbonyl (C=O) groups is 2. The van der Waals surface area contributed by atoms with Gasteiger partial charge in [0, 0.05) is 19.3 Å². The molecule has 0 aromatic carbocycles. The molecule has 52 heavy (non-hydrogen) atoms. The van der Waals surface area contributed by atoms with Gasteiger partial charge in [-0.25, -0.2) is 4.57 Å². The van der Waals surface area contributed by atoms with Crippen molar-refractivity contribution >= 4 is 19.8 Å². The number of allylic oxidation sites excluding steroid dienone is 2. The van der Waals surface area contributed by atoms with E-state index in [0.29, 0.717) is 17.4 Å². The number of esters is 2. The molecule has 10 heteroatoms. The van der Waals surface area contributed by atoms with Crippen LogP contribution in [0.25, 0.3) is 0 Å². The first-order valence-electron chi connectivity index (χ1n) is 20.8. The SMILES string of the molecule is C#CCCCCCCCCCCCCCC(=O)OC[C@H](COP(=O)(O)OCC[N+](C)(C)C)OC(=O)CCCCCCC/C=C\CCCCCCCC. The van der Waals surface area contributed by atoms with Gasteiger partial charge in [-0.2, -0.15) is 0 Å². The highest BCUT2D eigenvalue weighted by molar-refractivity contribution is 7.47. The number of unbranched alkanes of at least 4 members (excludes halogenated alkanes) is 22. The fourth-order valence-corrected chi connectivity index (χ4v) is 6.43. The second-order valence-electron chi connectivity index (χ2n) is 15.3. The quantitative estimate of drug-likeness (QED) is 0.0166. The van der Waals surface area contributed by atoms with E-state index in [1.165, 1.54) is 83.5 Å². The summed E-state index contributed by atoms with van der Waals surface area (Å²) in [5.74, 6) is 1.87. The molecular weight excluding hydrogens is 677 g/mol. The summed E-state index contributed by atoms with van der Waals surface area (Å²) in [4.78, 5) is 35.3. The topological polar surface area (TPSA) is 108 Å². The van der Waals surface area contributed by atoms with Crippen molar-refractivity contribution in [3.63, 3.8) is 0 Å². The number of phosphoric ester groups is 1. The maximum Gasteiger partial charge on any atom is 0.472 e. The monoisotopic (exact) mass is 757 g/mol. The molecule has 0 fully saturated rings. The number of phosphoric acid groups is 1. The van der Waals surface area contributed by atoms with E-state index in [1.807, 2.05) is 21.1 Å². The molecule has 0 amide bonds. The summed E-state index contributed by atoms with van der Waals surface area (Å²) < 4.78 is 34.2. The Hall–Kier alpha value is -1.69. The molecule has 0 aliphatic carbocycles. The van der Waals surface area contributed by atoms with Gasteiger partial charge in [-0.15, -0.1) is 12.3 Å². The second-order valence-corrected chi connectivity index (χ2v) is 16.8. The zero-order valence-corrected chi connectivity index (χ0v) is 34.8. The number of nitrogens with zero attached hydrogens (tertiary/aromatic N) is 1. The van der Waals surface area contributed by atoms with Crippen LogP contribution in [0.2, 0.25) is 0 Å². The predicted molar refractivity (Wildman–Crippen MR) is 214 cm³/mol. The molecule has 0 aliphatic rings. The van der Waals surface area contributed by atoms with Crippen molar-refractivity contribution < 1.29 is 42.1 Å². The minimum atomic E-state index is -4.37. The van der Waals surface area contributed by atoms with Crippen molar-refractivity contribution in [2.75, 3.05) is 47.5 Å². The Kier molecular flexibility index (Phi) is 33.9. The van der Waals surface area contributed by atoms with Crippen LogP contribution in [-0.4, -0.2) is 74.9 Å². The van der Waals surface area contributed by atoms with Gasteiger partial charge in [0.05, 0.1) is 27.7 Å². The van der Waals surface area contributed by atoms with Crippen LogP contribution < -0.4 is 0 Å². The van der Waals surface area contributed by atoms with E-state index in [9.17, 15) is 19.0 Å². The van der Waals surface area contributed by atoms with E-state index in [-0.39, 0.29) is 32.0 Å². The number of carbonyl (C=O) groups excluding carboxylic acids is 2. The van der Waals surface area contributed by atoms with Crippen LogP contribution in [0.15, 0.2) is 12.2 Å². The van der Waals surface area contributed by atoms with E-state index in [1.54, 1.807) is 0 Å². The lowest BCUT2D eigenvalue weighted by atomic mass is 10.0. The number of likely N-dealkylation sites (N-methyl/N-ethyl adjacent to an activating group) is 1. The Morgan fingerprint density at radius 2 is 1.13 bits per heavy atom. The van der Waals surface area contributed by atoms with Gasteiger partial charge >= 0.3 is 19.8 Å². The van der Waals surface area contributed by atoms with Crippen molar-refractivity contribution in [3.8, 4) is 12.3 Å². The summed E-state index contributed by atoms with van der Waals surface area (Å²) >= 11 is 0. The summed E-state index contributed by atoms with van der Waals surface area (Å²) in [6, 6.07) is 0. The van der Waals surface area contributed by atoms with E-state index in [0.717, 1.165) is 70.6 Å². The fourth-order valence-electron chi connectivity index (χ4n) is 5.69. The van der Waals surface area contributed by atoms with Gasteiger partial charge in [-0.1, -0.05) is 128 Å². The molecule has 0 saturated carbocycles. The molecule has 1 N–H and O–H groups in total. The lowest BCUT2D eigenvalue weighted by Crippen LogP contribution is -2.37. The molecule has 2 atom stereocenters. The number of terminal acetylenes is 1. The third-order valence-electron chi connectivity index (χ3n) is 9.01. The first kappa shape index (κ1) is 50.3. The van der Waals surface area contributed by atoms with Crippen LogP contribution in [0.3, 0.4) is 0 Å². The van der Waals surface area contributed by atoms with Gasteiger partial charge in [0.2, 0.25) is 0 Å². The minimum Gasteiger partial charge on any atom is -0.462 e. The Labute approximate surface area is 319 Å². The molecule has 0 spiro atoms. The molecule has 0 heterocycles. The molecule has 0 aromatic heterocycles. The van der Waals surface area contributed by atoms with Crippen LogP contribution in [0.5, 0.6) is 0 Å². The van der Waals surface area contributed by atoms with Crippen LogP contribution in [0.1, 0.15) is 180 Å². The first-order valence-corrected chi connectivity index (χ1v) is 22.3. The average molecular weight is 757 g/mol. The molecule has 0 aliphatic heterocycles. The molecule has 0 aromatic rings. The van der Waals surface area contributed by atoms with E-state index in [2.05, 4.69) is 25.0 Å². The second kappa shape index (κ2) is 35.0. The largest absolute Gasteiger partial charge is 0.472 e. The van der Waals surface area contributed by atoms with E-state index in [4.69, 9.17) is 24.9 Å². The van der Waals surface area contributed by atoms with Gasteiger partial charge in [-0.3, -0.25) is 18.6 Å². The van der Waals surface area contributed by atoms with Crippen LogP contribution in [0.4, 0.5) is 0 Å². The van der Waals surface area contributed by atoms with Crippen molar-refractivity contribution in [2.45, 2.75) is 186 Å². The number of hydrogen-bond donors (Lipinski definition) is 1. The molecule has 0 bridgehead atoms. The lowest BCUT2D eigenvalue weighted by molar-refractivity contribution is -0.870. The Morgan fingerprint density at radius 3 is 1.63 bits per heavy atom. The third-order valence-corrected chi connectivity index (χ3v) is 10.00. The van der Waals surface area contributed by atoms with Crippen LogP contribution in [0, 0.1) is 12.3 Å². The van der Waals surface area contributed by atoms with E-state index < -0.39 is 26.5 Å². The smallest absolute Gasteiger partial charge is 0.462 e. The van der Waals surface area contributed by atoms with Gasteiger partial charge in [0.15, 0.2) is 6.10 Å². The van der Waals surface area contributed by atoms with Gasteiger partial charge < -0.3 is 18.9 Å². The Balaban J connectivity index is 4.38. The normalized spacial score (nSPS) is 13.5. The zero-order chi connectivity index (χ0) is 38.6. The maximum absolute atomic E-state index is 12.6. The zero-order valence-electron chi connectivity index (χ0n) is 33.9. The van der Waals surface area contributed by atoms with Gasteiger partial charge in [0.25, 0.3) is 0 Å². The summed E-state index contributed by atoms with van der Waals surface area (Å²) in [5, 5.41) is 0. The highest BCUT2D eigenvalue weighted by Crippen LogP contribution is 2.43. The van der Waals surface area contributed by atoms with Gasteiger partial charge in [0.1, 0.15) is 19.8 Å². The predicted octanol–water partition coefficient (Wildman–Crippen LogP) is 11.0. The maximum atomic E-state index is 12.6. The van der Waals surface area contributed by atoms with Crippen molar-refractivity contribution in [3.05, 3.63) is 12.2 Å². The van der Waals surface area contributed by atoms with Crippen LogP contribution >= 0.6 is 7.82 Å². The average Bonchev–Trinajstić information content (AvgIpc) is 3.09. The van der Waals surface area contributed by atoms with E-state index >= 15 is 0 Å². The van der Waals surface area contributed by atoms with Crippen LogP contribution in [-0.2, 0) is 32.7 Å². The Bertz CT molecular complexity index is 974. The summed E-state index contributed by atoms with van der Waals surface area (Å²) in [6.45, 7) is 2.14. The van der Waals surface area contributed by atoms with Crippen molar-refractivity contribution in [1.29, 1.82) is 0 Å². The highest BCUT2D eigenvalue weighted by Gasteiger charge is 2.27. The molecule has 304 valence electrons. The molecule has 0 rings (SSSR count). The molecule has 1 unspecified atom stereocenters. The van der Waals surface area contributed by atoms with Gasteiger partial charge in [-0.05, 0) is 44.9 Å². The molecular formula is C42H79NO8P+. The molecule has 0 radical (unpaired) electrons. The number of rotatable bonds is 38. The van der Waals surface area contributed by atoms with Crippen molar-refractivity contribution in [2.24, 2.45) is 0 Å². The first-order chi connectivity index (χ1) is 25.0. The van der Waals surface area contributed by atoms with Crippen molar-refractivity contribution in [1.82, 2.24) is 0 Å². The number of hydrogen-bond acceptors (Lipinski definition) is 7. The number of ether oxygens (including phenoxy) is 2. The molecule has 9 nitrogen and oxygen atoms in total. The third kappa shape index (κ3) is 38.0. The molecule has 0 saturated heterocycles. The number of quaternary nitrogens is 1. The highest BCUT2D eigenvalue weighted by atomic mass is 31.2. The standard InChI is InChI=1S/C42H78NO8P/c1-6-8-10-12-14-16-18-20-21-23-25-27-29-31-33-35-42(45)51-40(39-50-52(46,47)49-37-36-43(3,4)5)38-48-41(44)34-32-30-28-26-24-22-19-17-15-13-11-9-7-2/h2,20-21,40H,6,8-19,22-39H2,1,3-5H3/p+1/b21-20-/t40-/m1/s1.